The van der Waals surface area contributed by atoms with Gasteiger partial charge >= 0.3 is 0 Å². The van der Waals surface area contributed by atoms with E-state index in [4.69, 9.17) is 11.6 Å². The molecular weight excluding hydrogens is 392 g/mol. The maximum Gasteiger partial charge on any atom is 0.234 e. The minimum Gasteiger partial charge on any atom is -0.355 e. The second-order valence-electron chi connectivity index (χ2n) is 7.69. The van der Waals surface area contributed by atoms with Gasteiger partial charge in [-0.3, -0.25) is 19.3 Å². The van der Waals surface area contributed by atoms with E-state index in [1.54, 1.807) is 23.1 Å². The van der Waals surface area contributed by atoms with Gasteiger partial charge in [-0.1, -0.05) is 31.0 Å². The Kier molecular flexibility index (Phi) is 7.50. The van der Waals surface area contributed by atoms with Crippen molar-refractivity contribution in [3.05, 3.63) is 29.3 Å². The normalized spacial score (nSPS) is 20.2. The number of unbranched alkanes of at least 4 members (excludes halogenated alkanes) is 1. The second kappa shape index (κ2) is 10.1. The van der Waals surface area contributed by atoms with E-state index in [1.807, 2.05) is 11.0 Å². The van der Waals surface area contributed by atoms with Gasteiger partial charge in [0.1, 0.15) is 0 Å². The molecule has 1 aromatic carbocycles. The van der Waals surface area contributed by atoms with Crippen LogP contribution in [0.15, 0.2) is 24.3 Å². The molecule has 2 heterocycles. The lowest BCUT2D eigenvalue weighted by molar-refractivity contribution is -0.137. The van der Waals surface area contributed by atoms with Gasteiger partial charge in [-0.2, -0.15) is 0 Å². The number of halogens is 1. The lowest BCUT2D eigenvalue weighted by Crippen LogP contribution is -2.52. The second-order valence-corrected chi connectivity index (χ2v) is 8.13. The Morgan fingerprint density at radius 3 is 2.66 bits per heavy atom. The van der Waals surface area contributed by atoms with E-state index in [0.29, 0.717) is 50.8 Å². The van der Waals surface area contributed by atoms with Crippen LogP contribution in [0.5, 0.6) is 0 Å². The Morgan fingerprint density at radius 1 is 1.21 bits per heavy atom. The number of nitrogens with zero attached hydrogens (tertiary/aromatic N) is 3. The largest absolute Gasteiger partial charge is 0.355 e. The molecule has 1 aromatic rings. The first-order valence-corrected chi connectivity index (χ1v) is 10.7. The van der Waals surface area contributed by atoms with E-state index in [1.165, 1.54) is 0 Å². The molecule has 2 saturated heterocycles. The smallest absolute Gasteiger partial charge is 0.234 e. The Morgan fingerprint density at radius 2 is 1.97 bits per heavy atom. The zero-order chi connectivity index (χ0) is 20.8. The van der Waals surface area contributed by atoms with E-state index in [-0.39, 0.29) is 30.1 Å². The van der Waals surface area contributed by atoms with E-state index in [0.717, 1.165) is 18.5 Å². The maximum absolute atomic E-state index is 12.9. The van der Waals surface area contributed by atoms with Crippen LogP contribution >= 0.6 is 11.6 Å². The van der Waals surface area contributed by atoms with Crippen LogP contribution in [0.4, 0.5) is 5.69 Å². The van der Waals surface area contributed by atoms with Crippen molar-refractivity contribution in [2.75, 3.05) is 50.7 Å². The number of carbonyl (C=O) groups is 3. The number of piperazine rings is 1. The summed E-state index contributed by atoms with van der Waals surface area (Å²) >= 11 is 6.03. The number of hydrogen-bond acceptors (Lipinski definition) is 4. The Bertz CT molecular complexity index is 749. The lowest BCUT2D eigenvalue weighted by atomic mass is 10.1. The van der Waals surface area contributed by atoms with Gasteiger partial charge in [-0.25, -0.2) is 0 Å². The molecule has 7 nitrogen and oxygen atoms in total. The molecule has 158 valence electrons. The van der Waals surface area contributed by atoms with Crippen LogP contribution in [-0.2, 0) is 14.4 Å². The van der Waals surface area contributed by atoms with Crippen molar-refractivity contribution in [2.24, 2.45) is 5.92 Å². The summed E-state index contributed by atoms with van der Waals surface area (Å²) in [6, 6.07) is 7.15. The molecule has 2 aliphatic rings. The fourth-order valence-electron chi connectivity index (χ4n) is 3.81. The Labute approximate surface area is 177 Å². The number of benzene rings is 1. The third kappa shape index (κ3) is 5.70. The molecule has 3 amide bonds. The molecule has 1 atom stereocenters. The molecule has 29 heavy (non-hydrogen) atoms. The third-order valence-electron chi connectivity index (χ3n) is 5.50. The third-order valence-corrected chi connectivity index (χ3v) is 5.73. The summed E-state index contributed by atoms with van der Waals surface area (Å²) in [6.45, 7) is 6.08. The Balaban J connectivity index is 1.47. The molecule has 1 N–H and O–H groups in total. The highest BCUT2D eigenvalue weighted by molar-refractivity contribution is 6.31. The molecule has 3 rings (SSSR count). The topological polar surface area (TPSA) is 73.0 Å². The predicted octanol–water partition coefficient (Wildman–Crippen LogP) is 1.75. The molecule has 0 aliphatic carbocycles. The van der Waals surface area contributed by atoms with Crippen molar-refractivity contribution in [1.29, 1.82) is 0 Å². The van der Waals surface area contributed by atoms with Gasteiger partial charge in [-0.05, 0) is 24.6 Å². The van der Waals surface area contributed by atoms with Crippen LogP contribution in [0.1, 0.15) is 26.2 Å². The van der Waals surface area contributed by atoms with E-state index < -0.39 is 0 Å². The lowest BCUT2D eigenvalue weighted by Gasteiger charge is -2.35. The highest BCUT2D eigenvalue weighted by Crippen LogP contribution is 2.28. The molecule has 1 unspecified atom stereocenters. The first kappa shape index (κ1) is 21.6. The van der Waals surface area contributed by atoms with Crippen molar-refractivity contribution in [1.82, 2.24) is 15.1 Å². The van der Waals surface area contributed by atoms with Gasteiger partial charge in [0.2, 0.25) is 17.7 Å². The number of amides is 3. The zero-order valence-electron chi connectivity index (χ0n) is 16.9. The highest BCUT2D eigenvalue weighted by atomic mass is 35.5. The molecule has 0 aromatic heterocycles. The number of nitrogens with one attached hydrogen (secondary N) is 1. The average molecular weight is 421 g/mol. The van der Waals surface area contributed by atoms with Crippen molar-refractivity contribution < 1.29 is 14.4 Å². The van der Waals surface area contributed by atoms with Crippen LogP contribution < -0.4 is 10.2 Å². The average Bonchev–Trinajstić information content (AvgIpc) is 3.10. The highest BCUT2D eigenvalue weighted by Gasteiger charge is 2.38. The number of hydrogen-bond donors (Lipinski definition) is 1. The summed E-state index contributed by atoms with van der Waals surface area (Å²) in [7, 11) is 0. The predicted molar refractivity (Wildman–Crippen MR) is 113 cm³/mol. The van der Waals surface area contributed by atoms with Gasteiger partial charge in [-0.15, -0.1) is 0 Å². The van der Waals surface area contributed by atoms with E-state index in [9.17, 15) is 14.4 Å². The fraction of sp³-hybridized carbons (Fsp3) is 0.571. The summed E-state index contributed by atoms with van der Waals surface area (Å²) in [4.78, 5) is 42.8. The van der Waals surface area contributed by atoms with Crippen LogP contribution in [0.2, 0.25) is 5.02 Å². The van der Waals surface area contributed by atoms with Gasteiger partial charge < -0.3 is 15.1 Å². The van der Waals surface area contributed by atoms with Gasteiger partial charge in [0, 0.05) is 56.4 Å². The summed E-state index contributed by atoms with van der Waals surface area (Å²) in [5.41, 5.74) is 0.733. The Hall–Kier alpha value is -2.12. The van der Waals surface area contributed by atoms with Crippen LogP contribution in [0.3, 0.4) is 0 Å². The zero-order valence-corrected chi connectivity index (χ0v) is 17.7. The SMILES string of the molecule is CCCCNC(=O)CN1CCN(C(=O)C2CC(=O)N(c3cccc(Cl)c3)C2)CC1. The summed E-state index contributed by atoms with van der Waals surface area (Å²) in [5.74, 6) is -0.315. The standard InChI is InChI=1S/C21H29ClN4O3/c1-2-3-7-23-19(27)15-24-8-10-25(11-9-24)21(29)16-12-20(28)26(14-16)18-6-4-5-17(22)13-18/h4-6,13,16H,2-3,7-12,14-15H2,1H3,(H,23,27). The minimum absolute atomic E-state index is 0.0231. The fourth-order valence-corrected chi connectivity index (χ4v) is 4.00. The first-order valence-electron chi connectivity index (χ1n) is 10.3. The molecule has 0 bridgehead atoms. The molecule has 0 spiro atoms. The van der Waals surface area contributed by atoms with Gasteiger partial charge in [0.25, 0.3) is 0 Å². The van der Waals surface area contributed by atoms with Crippen LogP contribution in [-0.4, -0.2) is 73.3 Å². The number of anilines is 1. The summed E-state index contributed by atoms with van der Waals surface area (Å²) in [5, 5.41) is 3.49. The first-order chi connectivity index (χ1) is 14.0. The summed E-state index contributed by atoms with van der Waals surface area (Å²) < 4.78 is 0. The minimum atomic E-state index is -0.328. The maximum atomic E-state index is 12.9. The van der Waals surface area contributed by atoms with Crippen molar-refractivity contribution in [2.45, 2.75) is 26.2 Å². The van der Waals surface area contributed by atoms with Crippen LogP contribution in [0, 0.1) is 5.92 Å². The number of rotatable bonds is 7. The van der Waals surface area contributed by atoms with E-state index in [2.05, 4.69) is 17.1 Å². The quantitative estimate of drug-likeness (QED) is 0.682. The van der Waals surface area contributed by atoms with Crippen molar-refractivity contribution >= 4 is 35.0 Å². The van der Waals surface area contributed by atoms with Crippen LogP contribution in [0.25, 0.3) is 0 Å². The molecule has 0 saturated carbocycles. The summed E-state index contributed by atoms with van der Waals surface area (Å²) in [6.07, 6.45) is 2.27. The molecule has 8 heteroatoms. The molecule has 0 radical (unpaired) electrons. The van der Waals surface area contributed by atoms with Gasteiger partial charge in [0.15, 0.2) is 0 Å². The van der Waals surface area contributed by atoms with Crippen molar-refractivity contribution in [3.63, 3.8) is 0 Å². The van der Waals surface area contributed by atoms with Crippen molar-refractivity contribution in [3.8, 4) is 0 Å². The van der Waals surface area contributed by atoms with Gasteiger partial charge in [0.05, 0.1) is 12.5 Å². The molecular formula is C21H29ClN4O3. The monoisotopic (exact) mass is 420 g/mol. The number of carbonyl (C=O) groups excluding carboxylic acids is 3. The molecule has 2 fully saturated rings. The van der Waals surface area contributed by atoms with E-state index >= 15 is 0 Å². The molecule has 2 aliphatic heterocycles.